The standard InChI is InChI=1S/C16H21Cl2NO2/c1-20-10-16(21-2)9-19-12-5-6-15(16,8-12)11-3-4-13(17)14(18)7-11/h3-4,7,12,19H,5-6,8-10H2,1-2H3/t12-,15+,16-/m1/s1. The van der Waals surface area contributed by atoms with Crippen LogP contribution in [0.15, 0.2) is 18.2 Å². The van der Waals surface area contributed by atoms with Crippen molar-refractivity contribution in [3.8, 4) is 0 Å². The third-order valence-electron chi connectivity index (χ3n) is 5.30. The highest BCUT2D eigenvalue weighted by Crippen LogP contribution is 2.53. The second kappa shape index (κ2) is 5.71. The molecular weight excluding hydrogens is 309 g/mol. The number of halogens is 2. The molecule has 1 heterocycles. The highest BCUT2D eigenvalue weighted by molar-refractivity contribution is 6.42. The molecular formula is C16H21Cl2NO2. The van der Waals surface area contributed by atoms with Crippen molar-refractivity contribution >= 4 is 23.2 Å². The zero-order valence-electron chi connectivity index (χ0n) is 12.4. The van der Waals surface area contributed by atoms with Crippen molar-refractivity contribution in [2.75, 3.05) is 27.4 Å². The van der Waals surface area contributed by atoms with E-state index in [1.807, 2.05) is 12.1 Å². The van der Waals surface area contributed by atoms with Crippen LogP contribution in [0, 0.1) is 0 Å². The molecule has 3 nitrogen and oxygen atoms in total. The minimum Gasteiger partial charge on any atom is -0.382 e. The smallest absolute Gasteiger partial charge is 0.113 e. The Hall–Kier alpha value is -0.320. The first-order valence-electron chi connectivity index (χ1n) is 7.30. The van der Waals surface area contributed by atoms with Gasteiger partial charge in [-0.2, -0.15) is 0 Å². The predicted molar refractivity (Wildman–Crippen MR) is 85.4 cm³/mol. The van der Waals surface area contributed by atoms with Gasteiger partial charge in [-0.15, -0.1) is 0 Å². The van der Waals surface area contributed by atoms with Crippen LogP contribution in [-0.4, -0.2) is 39.0 Å². The fraction of sp³-hybridized carbons (Fsp3) is 0.625. The highest BCUT2D eigenvalue weighted by atomic mass is 35.5. The molecule has 0 radical (unpaired) electrons. The van der Waals surface area contributed by atoms with Crippen LogP contribution in [0.5, 0.6) is 0 Å². The lowest BCUT2D eigenvalue weighted by Crippen LogP contribution is -2.64. The van der Waals surface area contributed by atoms with Gasteiger partial charge in [0.1, 0.15) is 5.60 Å². The fourth-order valence-electron chi connectivity index (χ4n) is 4.18. The van der Waals surface area contributed by atoms with E-state index in [1.54, 1.807) is 14.2 Å². The van der Waals surface area contributed by atoms with Crippen LogP contribution >= 0.6 is 23.2 Å². The summed E-state index contributed by atoms with van der Waals surface area (Å²) in [5.74, 6) is 0. The lowest BCUT2D eigenvalue weighted by atomic mass is 9.64. The largest absolute Gasteiger partial charge is 0.382 e. The van der Waals surface area contributed by atoms with E-state index in [-0.39, 0.29) is 11.0 Å². The average molecular weight is 330 g/mol. The van der Waals surface area contributed by atoms with Crippen LogP contribution in [0.1, 0.15) is 24.8 Å². The van der Waals surface area contributed by atoms with Gasteiger partial charge in [-0.1, -0.05) is 29.3 Å². The molecule has 0 unspecified atom stereocenters. The first-order chi connectivity index (χ1) is 10.1. The zero-order valence-corrected chi connectivity index (χ0v) is 13.9. The molecule has 116 valence electrons. The fourth-order valence-corrected chi connectivity index (χ4v) is 4.48. The van der Waals surface area contributed by atoms with E-state index in [2.05, 4.69) is 11.4 Å². The molecule has 5 heteroatoms. The highest BCUT2D eigenvalue weighted by Gasteiger charge is 2.59. The van der Waals surface area contributed by atoms with Crippen molar-refractivity contribution in [2.24, 2.45) is 0 Å². The molecule has 1 aliphatic carbocycles. The van der Waals surface area contributed by atoms with Crippen molar-refractivity contribution in [3.05, 3.63) is 33.8 Å². The van der Waals surface area contributed by atoms with Crippen molar-refractivity contribution in [2.45, 2.75) is 36.3 Å². The quantitative estimate of drug-likeness (QED) is 0.918. The summed E-state index contributed by atoms with van der Waals surface area (Å²) in [5.41, 5.74) is 0.771. The lowest BCUT2D eigenvalue weighted by Gasteiger charge is -2.51. The van der Waals surface area contributed by atoms with Crippen LogP contribution in [0.3, 0.4) is 0 Å². The number of piperidine rings is 1. The molecule has 0 aromatic heterocycles. The summed E-state index contributed by atoms with van der Waals surface area (Å²) in [5, 5.41) is 4.79. The number of hydrogen-bond acceptors (Lipinski definition) is 3. The van der Waals surface area contributed by atoms with Gasteiger partial charge in [0.15, 0.2) is 0 Å². The Bertz CT molecular complexity index is 539. The van der Waals surface area contributed by atoms with Gasteiger partial charge in [0, 0.05) is 32.2 Å². The maximum absolute atomic E-state index is 6.26. The van der Waals surface area contributed by atoms with Crippen LogP contribution in [0.2, 0.25) is 10.0 Å². The average Bonchev–Trinajstić information content (AvgIpc) is 2.86. The van der Waals surface area contributed by atoms with E-state index in [9.17, 15) is 0 Å². The minimum absolute atomic E-state index is 0.0676. The van der Waals surface area contributed by atoms with E-state index in [0.717, 1.165) is 25.8 Å². The summed E-state index contributed by atoms with van der Waals surface area (Å²) in [6.07, 6.45) is 3.26. The molecule has 1 aromatic carbocycles. The number of fused-ring (bicyclic) bond motifs is 2. The van der Waals surface area contributed by atoms with Gasteiger partial charge in [0.25, 0.3) is 0 Å². The second-order valence-electron chi connectivity index (χ2n) is 6.16. The molecule has 1 saturated carbocycles. The predicted octanol–water partition coefficient (Wildman–Crippen LogP) is 3.42. The van der Waals surface area contributed by atoms with Crippen molar-refractivity contribution in [3.63, 3.8) is 0 Å². The molecule has 2 fully saturated rings. The van der Waals surface area contributed by atoms with Gasteiger partial charge in [-0.3, -0.25) is 0 Å². The first kappa shape index (κ1) is 15.6. The number of hydrogen-bond donors (Lipinski definition) is 1. The third-order valence-corrected chi connectivity index (χ3v) is 6.04. The van der Waals surface area contributed by atoms with Gasteiger partial charge in [0.2, 0.25) is 0 Å². The van der Waals surface area contributed by atoms with Crippen LogP contribution in [-0.2, 0) is 14.9 Å². The maximum Gasteiger partial charge on any atom is 0.113 e. The van der Waals surface area contributed by atoms with Crippen LogP contribution < -0.4 is 5.32 Å². The summed E-state index contributed by atoms with van der Waals surface area (Å²) in [6.45, 7) is 1.35. The van der Waals surface area contributed by atoms with Gasteiger partial charge < -0.3 is 14.8 Å². The molecule has 3 rings (SSSR count). The molecule has 1 N–H and O–H groups in total. The molecule has 2 bridgehead atoms. The lowest BCUT2D eigenvalue weighted by molar-refractivity contribution is -0.124. The van der Waals surface area contributed by atoms with Crippen molar-refractivity contribution in [1.82, 2.24) is 5.32 Å². The number of ether oxygens (including phenoxy) is 2. The Labute approximate surface area is 135 Å². The Balaban J connectivity index is 2.10. The van der Waals surface area contributed by atoms with Gasteiger partial charge >= 0.3 is 0 Å². The monoisotopic (exact) mass is 329 g/mol. The summed E-state index contributed by atoms with van der Waals surface area (Å²) in [4.78, 5) is 0. The van der Waals surface area contributed by atoms with Crippen LogP contribution in [0.25, 0.3) is 0 Å². The maximum atomic E-state index is 6.26. The summed E-state index contributed by atoms with van der Waals surface area (Å²) >= 11 is 12.3. The Morgan fingerprint density at radius 1 is 1.29 bits per heavy atom. The van der Waals surface area contributed by atoms with Gasteiger partial charge in [0.05, 0.1) is 16.7 Å². The molecule has 3 atom stereocenters. The molecule has 1 aliphatic heterocycles. The summed E-state index contributed by atoms with van der Waals surface area (Å²) in [6, 6.07) is 6.52. The van der Waals surface area contributed by atoms with E-state index >= 15 is 0 Å². The van der Waals surface area contributed by atoms with E-state index in [4.69, 9.17) is 32.7 Å². The SMILES string of the molecule is COC[C@]1(OC)CN[C@@H]2CC[C@@]1(c1ccc(Cl)c(Cl)c1)C2. The molecule has 0 amide bonds. The first-order valence-corrected chi connectivity index (χ1v) is 8.05. The Kier molecular flexibility index (Phi) is 4.23. The Morgan fingerprint density at radius 2 is 2.10 bits per heavy atom. The topological polar surface area (TPSA) is 30.5 Å². The molecule has 2 aliphatic rings. The van der Waals surface area contributed by atoms with Crippen molar-refractivity contribution in [1.29, 1.82) is 0 Å². The molecule has 1 aromatic rings. The third kappa shape index (κ3) is 2.30. The summed E-state index contributed by atoms with van der Waals surface area (Å²) < 4.78 is 11.5. The van der Waals surface area contributed by atoms with Gasteiger partial charge in [-0.05, 0) is 37.0 Å². The molecule has 1 saturated heterocycles. The molecule has 21 heavy (non-hydrogen) atoms. The minimum atomic E-state index is -0.369. The molecule has 0 spiro atoms. The van der Waals surface area contributed by atoms with Crippen LogP contribution in [0.4, 0.5) is 0 Å². The van der Waals surface area contributed by atoms with E-state index in [0.29, 0.717) is 22.7 Å². The normalized spacial score (nSPS) is 35.1. The van der Waals surface area contributed by atoms with Gasteiger partial charge in [-0.25, -0.2) is 0 Å². The summed E-state index contributed by atoms with van der Waals surface area (Å²) in [7, 11) is 3.50. The number of methoxy groups -OCH3 is 2. The van der Waals surface area contributed by atoms with Crippen molar-refractivity contribution < 1.29 is 9.47 Å². The zero-order chi connectivity index (χ0) is 15.1. The number of rotatable bonds is 4. The second-order valence-corrected chi connectivity index (χ2v) is 6.98. The van der Waals surface area contributed by atoms with E-state index < -0.39 is 0 Å². The van der Waals surface area contributed by atoms with E-state index in [1.165, 1.54) is 5.56 Å². The Morgan fingerprint density at radius 3 is 2.76 bits per heavy atom. The number of benzene rings is 1. The number of nitrogens with one attached hydrogen (secondary N) is 1.